The van der Waals surface area contributed by atoms with E-state index in [2.05, 4.69) is 9.47 Å². The molecular weight excluding hydrogens is 188 g/mol. The molecule has 0 heterocycles. The number of ether oxygens (including phenoxy) is 3. The monoisotopic (exact) mass is 202 g/mol. The van der Waals surface area contributed by atoms with Crippen LogP contribution in [0.4, 0.5) is 0 Å². The lowest BCUT2D eigenvalue weighted by Crippen LogP contribution is -2.32. The minimum Gasteiger partial charge on any atom is -0.501 e. The van der Waals surface area contributed by atoms with Gasteiger partial charge >= 0.3 is 5.97 Å². The van der Waals surface area contributed by atoms with Gasteiger partial charge in [0.1, 0.15) is 0 Å². The highest BCUT2D eigenvalue weighted by molar-refractivity contribution is 6.07. The van der Waals surface area contributed by atoms with Gasteiger partial charge in [-0.05, 0) is 6.92 Å². The highest BCUT2D eigenvalue weighted by Crippen LogP contribution is 2.00. The van der Waals surface area contributed by atoms with Crippen LogP contribution in [0.5, 0.6) is 0 Å². The molecule has 0 aliphatic rings. The Balaban J connectivity index is 4.55. The van der Waals surface area contributed by atoms with Gasteiger partial charge in [-0.1, -0.05) is 0 Å². The van der Waals surface area contributed by atoms with E-state index in [4.69, 9.17) is 4.74 Å². The normalized spacial score (nSPS) is 13.3. The van der Waals surface area contributed by atoms with Crippen molar-refractivity contribution in [2.45, 2.75) is 13.0 Å². The van der Waals surface area contributed by atoms with Crippen LogP contribution in [0.2, 0.25) is 0 Å². The Hall–Kier alpha value is -1.36. The van der Waals surface area contributed by atoms with Crippen LogP contribution >= 0.6 is 0 Å². The van der Waals surface area contributed by atoms with E-state index in [1.54, 1.807) is 6.92 Å². The van der Waals surface area contributed by atoms with Gasteiger partial charge in [-0.25, -0.2) is 4.79 Å². The van der Waals surface area contributed by atoms with Crippen molar-refractivity contribution in [3.63, 3.8) is 0 Å². The summed E-state index contributed by atoms with van der Waals surface area (Å²) in [6.07, 6.45) is -0.0319. The van der Waals surface area contributed by atoms with Gasteiger partial charge in [-0.15, -0.1) is 0 Å². The second-order valence-electron chi connectivity index (χ2n) is 2.50. The predicted molar refractivity (Wildman–Crippen MR) is 48.6 cm³/mol. The summed E-state index contributed by atoms with van der Waals surface area (Å²) in [7, 11) is 3.88. The average molecular weight is 202 g/mol. The molecule has 0 saturated heterocycles. The Kier molecular flexibility index (Phi) is 5.55. The van der Waals surface area contributed by atoms with Crippen LogP contribution in [0.3, 0.4) is 0 Å². The van der Waals surface area contributed by atoms with Crippen LogP contribution < -0.4 is 0 Å². The maximum absolute atomic E-state index is 11.4. The van der Waals surface area contributed by atoms with Gasteiger partial charge in [0.05, 0.1) is 20.0 Å². The summed E-state index contributed by atoms with van der Waals surface area (Å²) in [5.74, 6) is -0.822. The second kappa shape index (κ2) is 6.15. The minimum absolute atomic E-state index is 0.404. The molecule has 0 spiro atoms. The Labute approximate surface area is 82.6 Å². The zero-order chi connectivity index (χ0) is 11.1. The highest BCUT2D eigenvalue weighted by Gasteiger charge is 2.25. The Bertz CT molecular complexity index is 244. The first-order valence-corrected chi connectivity index (χ1v) is 3.93. The van der Waals surface area contributed by atoms with E-state index in [-0.39, 0.29) is 0 Å². The number of carbonyl (C=O) groups is 2. The Morgan fingerprint density at radius 3 is 2.07 bits per heavy atom. The van der Waals surface area contributed by atoms with Gasteiger partial charge in [-0.3, -0.25) is 4.79 Å². The Morgan fingerprint density at radius 1 is 1.14 bits per heavy atom. The quantitative estimate of drug-likeness (QED) is 0.277. The molecule has 0 rings (SSSR count). The molecule has 0 aliphatic carbocycles. The van der Waals surface area contributed by atoms with E-state index in [0.29, 0.717) is 5.76 Å². The smallest absolute Gasteiger partial charge is 0.343 e. The molecule has 0 radical (unpaired) electrons. The van der Waals surface area contributed by atoms with Gasteiger partial charge in [0.25, 0.3) is 0 Å². The zero-order valence-electron chi connectivity index (χ0n) is 8.70. The second-order valence-corrected chi connectivity index (χ2v) is 2.50. The van der Waals surface area contributed by atoms with Crippen molar-refractivity contribution in [2.24, 2.45) is 0 Å². The fraction of sp³-hybridized carbons (Fsp3) is 0.556. The third kappa shape index (κ3) is 3.57. The zero-order valence-corrected chi connectivity index (χ0v) is 8.70. The van der Waals surface area contributed by atoms with Crippen LogP contribution in [-0.2, 0) is 23.8 Å². The molecular formula is C9H14O5. The summed E-state index contributed by atoms with van der Waals surface area (Å²) in [5.41, 5.74) is 0. The summed E-state index contributed by atoms with van der Waals surface area (Å²) in [6, 6.07) is 0. The molecule has 14 heavy (non-hydrogen) atoms. The molecule has 0 aliphatic heterocycles. The van der Waals surface area contributed by atoms with Crippen LogP contribution in [-0.4, -0.2) is 39.2 Å². The number of rotatable bonds is 5. The maximum atomic E-state index is 11.4. The highest BCUT2D eigenvalue weighted by atomic mass is 16.6. The summed E-state index contributed by atoms with van der Waals surface area (Å²) in [6.45, 7) is 1.60. The molecule has 0 aromatic carbocycles. The van der Waals surface area contributed by atoms with E-state index in [0.717, 1.165) is 0 Å². The number of esters is 1. The molecule has 0 bridgehead atoms. The predicted octanol–water partition coefficient (Wildman–Crippen LogP) is 0.294. The number of ketones is 1. The van der Waals surface area contributed by atoms with Crippen LogP contribution in [0.25, 0.3) is 0 Å². The van der Waals surface area contributed by atoms with Crippen molar-refractivity contribution >= 4 is 11.8 Å². The van der Waals surface area contributed by atoms with Crippen molar-refractivity contribution in [2.75, 3.05) is 21.3 Å². The molecule has 1 atom stereocenters. The van der Waals surface area contributed by atoms with E-state index in [1.807, 2.05) is 0 Å². The lowest BCUT2D eigenvalue weighted by molar-refractivity contribution is -0.155. The molecule has 80 valence electrons. The van der Waals surface area contributed by atoms with Crippen molar-refractivity contribution in [3.8, 4) is 0 Å². The molecule has 0 N–H and O–H groups in total. The van der Waals surface area contributed by atoms with E-state index in [1.165, 1.54) is 27.4 Å². The molecule has 0 aromatic rings. The number of hydrogen-bond donors (Lipinski definition) is 0. The van der Waals surface area contributed by atoms with Gasteiger partial charge in [0.2, 0.25) is 6.10 Å². The van der Waals surface area contributed by atoms with Crippen molar-refractivity contribution in [3.05, 3.63) is 11.8 Å². The lowest BCUT2D eigenvalue weighted by Gasteiger charge is -2.09. The van der Waals surface area contributed by atoms with Gasteiger partial charge in [0, 0.05) is 13.2 Å². The molecule has 5 nitrogen and oxygen atoms in total. The number of allylic oxidation sites excluding steroid dienone is 1. The third-order valence-electron chi connectivity index (χ3n) is 1.58. The molecule has 5 heteroatoms. The summed E-state index contributed by atoms with van der Waals surface area (Å²) < 4.78 is 13.8. The van der Waals surface area contributed by atoms with E-state index in [9.17, 15) is 9.59 Å². The number of methoxy groups -OCH3 is 3. The Morgan fingerprint density at radius 2 is 1.71 bits per heavy atom. The van der Waals surface area contributed by atoms with Crippen molar-refractivity contribution in [1.29, 1.82) is 0 Å². The van der Waals surface area contributed by atoms with Gasteiger partial charge < -0.3 is 14.2 Å². The molecule has 0 saturated carbocycles. The van der Waals surface area contributed by atoms with Gasteiger partial charge in [-0.2, -0.15) is 0 Å². The largest absolute Gasteiger partial charge is 0.501 e. The summed E-state index contributed by atoms with van der Waals surface area (Å²) >= 11 is 0. The first-order chi connectivity index (χ1) is 6.56. The standard InChI is InChI=1S/C9H14O5/c1-6(12-2)5-7(10)8(13-3)9(11)14-4/h5,8H,1-4H3/b6-5+/t8-/m0/s1. The molecule has 0 aromatic heterocycles. The van der Waals surface area contributed by atoms with Crippen LogP contribution in [0, 0.1) is 0 Å². The molecule has 0 amide bonds. The first kappa shape index (κ1) is 12.6. The van der Waals surface area contributed by atoms with Crippen molar-refractivity contribution < 1.29 is 23.8 Å². The summed E-state index contributed by atoms with van der Waals surface area (Å²) in [5, 5.41) is 0. The average Bonchev–Trinajstić information content (AvgIpc) is 2.18. The minimum atomic E-state index is -1.22. The van der Waals surface area contributed by atoms with Crippen LogP contribution in [0.15, 0.2) is 11.8 Å². The maximum Gasteiger partial charge on any atom is 0.343 e. The number of carbonyl (C=O) groups excluding carboxylic acids is 2. The van der Waals surface area contributed by atoms with Crippen LogP contribution in [0.1, 0.15) is 6.92 Å². The fourth-order valence-corrected chi connectivity index (χ4v) is 0.771. The van der Waals surface area contributed by atoms with Gasteiger partial charge in [0.15, 0.2) is 5.78 Å². The molecule has 0 fully saturated rings. The van der Waals surface area contributed by atoms with Crippen molar-refractivity contribution in [1.82, 2.24) is 0 Å². The third-order valence-corrected chi connectivity index (χ3v) is 1.58. The van der Waals surface area contributed by atoms with E-state index < -0.39 is 17.9 Å². The number of hydrogen-bond acceptors (Lipinski definition) is 5. The topological polar surface area (TPSA) is 61.8 Å². The molecule has 0 unspecified atom stereocenters. The fourth-order valence-electron chi connectivity index (χ4n) is 0.771. The SMILES string of the molecule is COC(=O)[C@@H](OC)C(=O)/C=C(\C)OC. The summed E-state index contributed by atoms with van der Waals surface area (Å²) in [4.78, 5) is 22.4. The lowest BCUT2D eigenvalue weighted by atomic mass is 10.2. The van der Waals surface area contributed by atoms with E-state index >= 15 is 0 Å². The first-order valence-electron chi connectivity index (χ1n) is 3.93.